The van der Waals surface area contributed by atoms with Crippen LogP contribution in [0.2, 0.25) is 0 Å². The molecule has 1 heterocycles. The van der Waals surface area contributed by atoms with Crippen molar-refractivity contribution in [3.05, 3.63) is 53.6 Å². The lowest BCUT2D eigenvalue weighted by Gasteiger charge is -2.23. The van der Waals surface area contributed by atoms with Gasteiger partial charge in [0.1, 0.15) is 6.54 Å². The molecular formula is C21H23F3N4O2. The van der Waals surface area contributed by atoms with Gasteiger partial charge >= 0.3 is 6.18 Å². The van der Waals surface area contributed by atoms with Gasteiger partial charge in [0.25, 0.3) is 5.91 Å². The van der Waals surface area contributed by atoms with Crippen molar-refractivity contribution in [2.24, 2.45) is 0 Å². The maximum absolute atomic E-state index is 13.2. The third-order valence-corrected chi connectivity index (χ3v) is 4.88. The summed E-state index contributed by atoms with van der Waals surface area (Å²) in [5.74, 6) is -0.873. The average Bonchev–Trinajstić information content (AvgIpc) is 2.81. The number of alkyl halides is 3. The Hall–Kier alpha value is -3.07. The van der Waals surface area contributed by atoms with Gasteiger partial charge in [-0.1, -0.05) is 0 Å². The van der Waals surface area contributed by atoms with Gasteiger partial charge in [-0.25, -0.2) is 0 Å². The summed E-state index contributed by atoms with van der Waals surface area (Å²) in [6.07, 6.45) is -4.47. The van der Waals surface area contributed by atoms with Crippen LogP contribution in [0.25, 0.3) is 0 Å². The van der Waals surface area contributed by atoms with Crippen LogP contribution >= 0.6 is 0 Å². The molecule has 160 valence electrons. The van der Waals surface area contributed by atoms with E-state index >= 15 is 0 Å². The number of nitrogens with one attached hydrogen (secondary N) is 1. The number of benzene rings is 2. The van der Waals surface area contributed by atoms with E-state index in [0.717, 1.165) is 30.9 Å². The van der Waals surface area contributed by atoms with E-state index in [4.69, 9.17) is 0 Å². The molecule has 0 atom stereocenters. The Labute approximate surface area is 172 Å². The molecule has 3 rings (SSSR count). The number of amides is 2. The van der Waals surface area contributed by atoms with E-state index in [1.807, 2.05) is 37.0 Å². The molecule has 2 amide bonds. The Morgan fingerprint density at radius 1 is 1.00 bits per heavy atom. The van der Waals surface area contributed by atoms with Crippen molar-refractivity contribution < 1.29 is 22.8 Å². The van der Waals surface area contributed by atoms with Gasteiger partial charge in [-0.05, 0) is 56.6 Å². The summed E-state index contributed by atoms with van der Waals surface area (Å²) < 4.78 is 38.5. The van der Waals surface area contributed by atoms with Crippen LogP contribution in [0.5, 0.6) is 0 Å². The summed E-state index contributed by atoms with van der Waals surface area (Å²) in [6.45, 7) is 1.26. The molecule has 0 aliphatic carbocycles. The molecule has 0 aromatic heterocycles. The zero-order chi connectivity index (χ0) is 22.1. The number of halogens is 3. The number of rotatable bonds is 5. The lowest BCUT2D eigenvalue weighted by Crippen LogP contribution is -2.35. The van der Waals surface area contributed by atoms with E-state index < -0.39 is 23.6 Å². The molecule has 0 spiro atoms. The van der Waals surface area contributed by atoms with E-state index in [-0.39, 0.29) is 17.8 Å². The summed E-state index contributed by atoms with van der Waals surface area (Å²) >= 11 is 0. The van der Waals surface area contributed by atoms with Crippen LogP contribution in [0.3, 0.4) is 0 Å². The van der Waals surface area contributed by atoms with E-state index in [1.54, 1.807) is 12.1 Å². The predicted octanol–water partition coefficient (Wildman–Crippen LogP) is 3.30. The number of hydrogen-bond acceptors (Lipinski definition) is 4. The molecule has 2 aromatic carbocycles. The van der Waals surface area contributed by atoms with Gasteiger partial charge in [0.15, 0.2) is 0 Å². The highest BCUT2D eigenvalue weighted by Crippen LogP contribution is 2.32. The number of carbonyl (C=O) groups is 2. The lowest BCUT2D eigenvalue weighted by atomic mass is 10.1. The second-order valence-corrected chi connectivity index (χ2v) is 7.44. The van der Waals surface area contributed by atoms with Crippen molar-refractivity contribution in [2.45, 2.75) is 6.18 Å². The summed E-state index contributed by atoms with van der Waals surface area (Å²) in [5, 5.41) is 2.70. The smallest absolute Gasteiger partial charge is 0.373 e. The fraction of sp³-hybridized carbons (Fsp3) is 0.333. The number of nitrogens with zero attached hydrogens (tertiary/aromatic N) is 3. The molecule has 6 nitrogen and oxygen atoms in total. The van der Waals surface area contributed by atoms with Crippen molar-refractivity contribution in [1.82, 2.24) is 4.90 Å². The highest BCUT2D eigenvalue weighted by atomic mass is 19.4. The van der Waals surface area contributed by atoms with Gasteiger partial charge < -0.3 is 15.1 Å². The topological polar surface area (TPSA) is 55.9 Å². The molecule has 0 fully saturated rings. The second-order valence-electron chi connectivity index (χ2n) is 7.44. The van der Waals surface area contributed by atoms with Crippen LogP contribution in [-0.2, 0) is 11.0 Å². The fourth-order valence-electron chi connectivity index (χ4n) is 3.12. The summed E-state index contributed by atoms with van der Waals surface area (Å²) in [4.78, 5) is 30.7. The molecule has 30 heavy (non-hydrogen) atoms. The van der Waals surface area contributed by atoms with Crippen LogP contribution in [0.15, 0.2) is 42.5 Å². The van der Waals surface area contributed by atoms with Crippen LogP contribution in [0.1, 0.15) is 15.9 Å². The highest BCUT2D eigenvalue weighted by Gasteiger charge is 2.32. The van der Waals surface area contributed by atoms with Crippen molar-refractivity contribution in [3.8, 4) is 0 Å². The molecule has 1 aliphatic rings. The minimum atomic E-state index is -4.47. The molecule has 0 radical (unpaired) electrons. The van der Waals surface area contributed by atoms with Crippen LogP contribution < -0.4 is 15.1 Å². The number of fused-ring (bicyclic) bond motifs is 1. The Balaban J connectivity index is 1.93. The van der Waals surface area contributed by atoms with E-state index in [0.29, 0.717) is 5.69 Å². The SMILES string of the molecule is CN(C)CCN(C)c1ccc2c(c1)C(=O)N(c1ccc(C(F)(F)F)cc1)CC(=O)N2. The Morgan fingerprint density at radius 3 is 2.27 bits per heavy atom. The van der Waals surface area contributed by atoms with Gasteiger partial charge in [-0.3, -0.25) is 14.5 Å². The number of likely N-dealkylation sites (N-methyl/N-ethyl adjacent to an activating group) is 2. The number of anilines is 3. The van der Waals surface area contributed by atoms with Crippen molar-refractivity contribution in [3.63, 3.8) is 0 Å². The molecule has 9 heteroatoms. The second kappa shape index (κ2) is 8.35. The van der Waals surface area contributed by atoms with Gasteiger partial charge in [-0.15, -0.1) is 0 Å². The summed E-state index contributed by atoms with van der Waals surface area (Å²) in [7, 11) is 5.83. The predicted molar refractivity (Wildman–Crippen MR) is 110 cm³/mol. The highest BCUT2D eigenvalue weighted by molar-refractivity contribution is 6.17. The first-order chi connectivity index (χ1) is 14.1. The monoisotopic (exact) mass is 420 g/mol. The molecule has 0 bridgehead atoms. The normalized spacial score (nSPS) is 14.4. The van der Waals surface area contributed by atoms with Gasteiger partial charge in [-0.2, -0.15) is 13.2 Å². The molecule has 0 saturated heterocycles. The minimum Gasteiger partial charge on any atom is -0.373 e. The molecule has 0 saturated carbocycles. The lowest BCUT2D eigenvalue weighted by molar-refractivity contribution is -0.137. The maximum Gasteiger partial charge on any atom is 0.416 e. The number of carbonyl (C=O) groups excluding carboxylic acids is 2. The molecule has 1 aliphatic heterocycles. The van der Waals surface area contributed by atoms with Crippen LogP contribution in [0, 0.1) is 0 Å². The number of hydrogen-bond donors (Lipinski definition) is 1. The van der Waals surface area contributed by atoms with E-state index in [2.05, 4.69) is 5.32 Å². The third-order valence-electron chi connectivity index (χ3n) is 4.88. The first-order valence-corrected chi connectivity index (χ1v) is 9.35. The Kier molecular flexibility index (Phi) is 6.02. The van der Waals surface area contributed by atoms with Crippen molar-refractivity contribution in [1.29, 1.82) is 0 Å². The van der Waals surface area contributed by atoms with Crippen molar-refractivity contribution >= 4 is 28.9 Å². The van der Waals surface area contributed by atoms with E-state index in [9.17, 15) is 22.8 Å². The van der Waals surface area contributed by atoms with Gasteiger partial charge in [0.05, 0.1) is 16.8 Å². The van der Waals surface area contributed by atoms with Crippen LogP contribution in [0.4, 0.5) is 30.2 Å². The molecule has 2 aromatic rings. The van der Waals surface area contributed by atoms with Crippen LogP contribution in [-0.4, -0.2) is 57.5 Å². The third kappa shape index (κ3) is 4.73. The van der Waals surface area contributed by atoms with E-state index in [1.165, 1.54) is 17.0 Å². The zero-order valence-electron chi connectivity index (χ0n) is 17.0. The fourth-order valence-corrected chi connectivity index (χ4v) is 3.12. The Bertz CT molecular complexity index is 942. The average molecular weight is 420 g/mol. The molecular weight excluding hydrogens is 397 g/mol. The summed E-state index contributed by atoms with van der Waals surface area (Å²) in [6, 6.07) is 9.38. The molecule has 1 N–H and O–H groups in total. The first-order valence-electron chi connectivity index (χ1n) is 9.35. The maximum atomic E-state index is 13.2. The quantitative estimate of drug-likeness (QED) is 0.807. The molecule has 0 unspecified atom stereocenters. The first kappa shape index (κ1) is 21.6. The minimum absolute atomic E-state index is 0.224. The zero-order valence-corrected chi connectivity index (χ0v) is 17.0. The standard InChI is InChI=1S/C21H23F3N4O2/c1-26(2)10-11-27(3)16-8-9-18-17(12-16)20(30)28(13-19(29)25-18)15-6-4-14(5-7-15)21(22,23)24/h4-9,12H,10-11,13H2,1-3H3,(H,25,29). The van der Waals surface area contributed by atoms with Gasteiger partial charge in [0, 0.05) is 31.5 Å². The van der Waals surface area contributed by atoms with Gasteiger partial charge in [0.2, 0.25) is 5.91 Å². The largest absolute Gasteiger partial charge is 0.416 e. The summed E-state index contributed by atoms with van der Waals surface area (Å²) in [5.41, 5.74) is 0.872. The van der Waals surface area contributed by atoms with Crippen molar-refractivity contribution in [2.75, 3.05) is 55.9 Å². The Morgan fingerprint density at radius 2 is 1.67 bits per heavy atom.